The van der Waals surface area contributed by atoms with Crippen LogP contribution in [0.4, 0.5) is 5.69 Å². The molecule has 0 bridgehead atoms. The van der Waals surface area contributed by atoms with Crippen molar-refractivity contribution in [2.24, 2.45) is 0 Å². The third kappa shape index (κ3) is 3.07. The molecule has 0 amide bonds. The van der Waals surface area contributed by atoms with Crippen molar-refractivity contribution in [3.8, 4) is 0 Å². The number of morpholine rings is 1. The molecule has 0 unspecified atom stereocenters. The lowest BCUT2D eigenvalue weighted by Crippen LogP contribution is -2.37. The van der Waals surface area contributed by atoms with Gasteiger partial charge in [-0.25, -0.2) is 4.68 Å². The van der Waals surface area contributed by atoms with Gasteiger partial charge in [0.1, 0.15) is 0 Å². The SMILES string of the molecule is O=C(O)CCn1ncc(N2CCOCC2)cc1=O. The van der Waals surface area contributed by atoms with Gasteiger partial charge >= 0.3 is 5.97 Å². The molecular weight excluding hydrogens is 238 g/mol. The normalized spacial score (nSPS) is 15.7. The quantitative estimate of drug-likeness (QED) is 0.782. The van der Waals surface area contributed by atoms with Crippen molar-refractivity contribution in [2.45, 2.75) is 13.0 Å². The van der Waals surface area contributed by atoms with E-state index in [9.17, 15) is 9.59 Å². The molecular formula is C11H15N3O4. The first kappa shape index (κ1) is 12.6. The Morgan fingerprint density at radius 1 is 1.44 bits per heavy atom. The van der Waals surface area contributed by atoms with Gasteiger partial charge in [-0.3, -0.25) is 9.59 Å². The Hall–Kier alpha value is -1.89. The van der Waals surface area contributed by atoms with Crippen LogP contribution < -0.4 is 10.5 Å². The lowest BCUT2D eigenvalue weighted by molar-refractivity contribution is -0.137. The van der Waals surface area contributed by atoms with Crippen molar-refractivity contribution in [3.63, 3.8) is 0 Å². The van der Waals surface area contributed by atoms with Crippen LogP contribution in [-0.4, -0.2) is 47.2 Å². The Balaban J connectivity index is 2.09. The summed E-state index contributed by atoms with van der Waals surface area (Å²) < 4.78 is 6.39. The lowest BCUT2D eigenvalue weighted by atomic mass is 10.3. The van der Waals surface area contributed by atoms with Crippen LogP contribution in [0.15, 0.2) is 17.1 Å². The molecule has 0 spiro atoms. The topological polar surface area (TPSA) is 84.7 Å². The van der Waals surface area contributed by atoms with Gasteiger partial charge < -0.3 is 14.7 Å². The summed E-state index contributed by atoms with van der Waals surface area (Å²) >= 11 is 0. The molecule has 2 heterocycles. The van der Waals surface area contributed by atoms with Crippen molar-refractivity contribution < 1.29 is 14.6 Å². The Morgan fingerprint density at radius 2 is 2.17 bits per heavy atom. The Morgan fingerprint density at radius 3 is 2.78 bits per heavy atom. The molecule has 0 aromatic carbocycles. The standard InChI is InChI=1S/C11H15N3O4/c15-10-7-9(13-3-5-18-6-4-13)8-12-14(10)2-1-11(16)17/h7-8H,1-6H2,(H,16,17). The molecule has 1 N–H and O–H groups in total. The highest BCUT2D eigenvalue weighted by atomic mass is 16.5. The third-order valence-corrected chi connectivity index (χ3v) is 2.77. The van der Waals surface area contributed by atoms with Gasteiger partial charge in [-0.1, -0.05) is 0 Å². The summed E-state index contributed by atoms with van der Waals surface area (Å²) in [5.74, 6) is -0.944. The van der Waals surface area contributed by atoms with Crippen LogP contribution in [-0.2, 0) is 16.1 Å². The number of rotatable bonds is 4. The van der Waals surface area contributed by atoms with Crippen molar-refractivity contribution in [3.05, 3.63) is 22.6 Å². The number of hydrogen-bond acceptors (Lipinski definition) is 5. The van der Waals surface area contributed by atoms with Crippen LogP contribution in [0.3, 0.4) is 0 Å². The van der Waals surface area contributed by atoms with E-state index in [1.54, 1.807) is 6.20 Å². The molecule has 1 aliphatic heterocycles. The monoisotopic (exact) mass is 253 g/mol. The maximum Gasteiger partial charge on any atom is 0.305 e. The van der Waals surface area contributed by atoms with Crippen LogP contribution in [0.5, 0.6) is 0 Å². The predicted molar refractivity (Wildman–Crippen MR) is 63.8 cm³/mol. The molecule has 0 saturated carbocycles. The molecule has 1 aromatic heterocycles. The minimum atomic E-state index is -0.944. The molecule has 18 heavy (non-hydrogen) atoms. The Labute approximate surface area is 104 Å². The number of anilines is 1. The van der Waals surface area contributed by atoms with Crippen LogP contribution in [0.1, 0.15) is 6.42 Å². The summed E-state index contributed by atoms with van der Waals surface area (Å²) in [6.45, 7) is 2.85. The molecule has 1 fully saturated rings. The van der Waals surface area contributed by atoms with Crippen molar-refractivity contribution in [1.82, 2.24) is 9.78 Å². The van der Waals surface area contributed by atoms with Gasteiger partial charge in [0.25, 0.3) is 5.56 Å². The fourth-order valence-electron chi connectivity index (χ4n) is 1.79. The van der Waals surface area contributed by atoms with Gasteiger partial charge in [-0.15, -0.1) is 0 Å². The first-order valence-electron chi connectivity index (χ1n) is 5.78. The zero-order chi connectivity index (χ0) is 13.0. The Bertz CT molecular complexity index is 479. The highest BCUT2D eigenvalue weighted by molar-refractivity contribution is 5.66. The number of carboxylic acid groups (broad SMARTS) is 1. The number of hydrogen-bond donors (Lipinski definition) is 1. The fraction of sp³-hybridized carbons (Fsp3) is 0.545. The minimum Gasteiger partial charge on any atom is -0.481 e. The fourth-order valence-corrected chi connectivity index (χ4v) is 1.79. The highest BCUT2D eigenvalue weighted by Crippen LogP contribution is 2.11. The van der Waals surface area contributed by atoms with Gasteiger partial charge in [-0.05, 0) is 0 Å². The van der Waals surface area contributed by atoms with E-state index in [-0.39, 0.29) is 18.5 Å². The summed E-state index contributed by atoms with van der Waals surface area (Å²) in [5, 5.41) is 12.5. The second-order valence-electron chi connectivity index (χ2n) is 4.02. The average Bonchev–Trinajstić information content (AvgIpc) is 2.38. The van der Waals surface area contributed by atoms with E-state index >= 15 is 0 Å². The molecule has 1 aromatic rings. The van der Waals surface area contributed by atoms with Gasteiger partial charge in [-0.2, -0.15) is 5.10 Å². The molecule has 0 radical (unpaired) electrons. The first-order chi connectivity index (χ1) is 8.66. The van der Waals surface area contributed by atoms with E-state index in [0.717, 1.165) is 23.5 Å². The highest BCUT2D eigenvalue weighted by Gasteiger charge is 2.12. The minimum absolute atomic E-state index is 0.0948. The summed E-state index contributed by atoms with van der Waals surface area (Å²) in [4.78, 5) is 24.2. The van der Waals surface area contributed by atoms with Crippen molar-refractivity contribution in [1.29, 1.82) is 0 Å². The zero-order valence-corrected chi connectivity index (χ0v) is 9.91. The largest absolute Gasteiger partial charge is 0.481 e. The molecule has 0 atom stereocenters. The molecule has 7 nitrogen and oxygen atoms in total. The smallest absolute Gasteiger partial charge is 0.305 e. The lowest BCUT2D eigenvalue weighted by Gasteiger charge is -2.28. The number of nitrogens with zero attached hydrogens (tertiary/aromatic N) is 3. The molecule has 98 valence electrons. The third-order valence-electron chi connectivity index (χ3n) is 2.77. The summed E-state index contributed by atoms with van der Waals surface area (Å²) in [6, 6.07) is 1.49. The van der Waals surface area contributed by atoms with E-state index in [0.29, 0.717) is 13.2 Å². The number of carbonyl (C=O) groups is 1. The van der Waals surface area contributed by atoms with Crippen LogP contribution >= 0.6 is 0 Å². The second kappa shape index (κ2) is 5.63. The maximum absolute atomic E-state index is 11.7. The van der Waals surface area contributed by atoms with Gasteiger partial charge in [0.15, 0.2) is 0 Å². The van der Waals surface area contributed by atoms with Crippen LogP contribution in [0.25, 0.3) is 0 Å². The Kier molecular flexibility index (Phi) is 3.93. The number of ether oxygens (including phenoxy) is 1. The summed E-state index contributed by atoms with van der Waals surface area (Å²) in [5.41, 5.74) is 0.482. The maximum atomic E-state index is 11.7. The number of aliphatic carboxylic acids is 1. The summed E-state index contributed by atoms with van der Waals surface area (Å²) in [7, 11) is 0. The van der Waals surface area contributed by atoms with Crippen LogP contribution in [0.2, 0.25) is 0 Å². The zero-order valence-electron chi connectivity index (χ0n) is 9.91. The number of aryl methyl sites for hydroxylation is 1. The predicted octanol–water partition coefficient (Wildman–Crippen LogP) is -0.445. The number of carboxylic acids is 1. The molecule has 1 aliphatic rings. The van der Waals surface area contributed by atoms with E-state index in [2.05, 4.69) is 5.10 Å². The van der Waals surface area contributed by atoms with E-state index in [1.165, 1.54) is 6.07 Å². The molecule has 2 rings (SSSR count). The van der Waals surface area contributed by atoms with Gasteiger partial charge in [0.2, 0.25) is 0 Å². The van der Waals surface area contributed by atoms with Gasteiger partial charge in [0, 0.05) is 19.2 Å². The van der Waals surface area contributed by atoms with E-state index in [1.807, 2.05) is 4.90 Å². The van der Waals surface area contributed by atoms with Crippen molar-refractivity contribution >= 4 is 11.7 Å². The van der Waals surface area contributed by atoms with Crippen LogP contribution in [0, 0.1) is 0 Å². The summed E-state index contributed by atoms with van der Waals surface area (Å²) in [6.07, 6.45) is 1.48. The van der Waals surface area contributed by atoms with Crippen molar-refractivity contribution in [2.75, 3.05) is 31.2 Å². The number of aromatic nitrogens is 2. The second-order valence-corrected chi connectivity index (χ2v) is 4.02. The van der Waals surface area contributed by atoms with Gasteiger partial charge in [0.05, 0.1) is 38.1 Å². The average molecular weight is 253 g/mol. The first-order valence-corrected chi connectivity index (χ1v) is 5.78. The van der Waals surface area contributed by atoms with E-state index < -0.39 is 5.97 Å². The molecule has 1 saturated heterocycles. The molecule has 0 aliphatic carbocycles. The van der Waals surface area contributed by atoms with E-state index in [4.69, 9.17) is 9.84 Å². The molecule has 7 heteroatoms.